The normalized spacial score (nSPS) is 11.5. The van der Waals surface area contributed by atoms with Gasteiger partial charge >= 0.3 is 0 Å². The van der Waals surface area contributed by atoms with Crippen LogP contribution in [0.5, 0.6) is 0 Å². The van der Waals surface area contributed by atoms with Crippen molar-refractivity contribution in [2.45, 2.75) is 26.2 Å². The van der Waals surface area contributed by atoms with Gasteiger partial charge in [0, 0.05) is 25.2 Å². The number of rotatable bonds is 4. The fourth-order valence-corrected chi connectivity index (χ4v) is 1.82. The monoisotopic (exact) mass is 311 g/mol. The largest absolute Gasteiger partial charge is 0.421 e. The zero-order valence-corrected chi connectivity index (χ0v) is 14.1. The molecule has 0 fully saturated rings. The Labute approximate surface area is 136 Å². The molecule has 0 spiro atoms. The van der Waals surface area contributed by atoms with E-state index in [1.165, 1.54) is 0 Å². The molecule has 0 amide bonds. The molecular formula is C17H21N5O. The molecule has 0 aliphatic heterocycles. The van der Waals surface area contributed by atoms with Crippen molar-refractivity contribution in [3.05, 3.63) is 41.4 Å². The van der Waals surface area contributed by atoms with E-state index in [4.69, 9.17) is 9.68 Å². The third kappa shape index (κ3) is 4.10. The molecule has 6 nitrogen and oxygen atoms in total. The molecule has 2 rings (SSSR count). The summed E-state index contributed by atoms with van der Waals surface area (Å²) >= 11 is 0. The molecule has 23 heavy (non-hydrogen) atoms. The Morgan fingerprint density at radius 3 is 2.43 bits per heavy atom. The fourth-order valence-electron chi connectivity index (χ4n) is 1.82. The number of hydrogen-bond donors (Lipinski definition) is 1. The van der Waals surface area contributed by atoms with Gasteiger partial charge in [0.15, 0.2) is 0 Å². The number of anilines is 2. The van der Waals surface area contributed by atoms with Crippen molar-refractivity contribution in [1.29, 1.82) is 5.26 Å². The average molecular weight is 311 g/mol. The highest BCUT2D eigenvalue weighted by atomic mass is 16.4. The lowest BCUT2D eigenvalue weighted by atomic mass is 9.97. The molecule has 0 aliphatic rings. The highest BCUT2D eigenvalue weighted by Gasteiger charge is 2.23. The number of benzene rings is 1. The molecule has 0 atom stereocenters. The molecule has 6 heteroatoms. The Morgan fingerprint density at radius 1 is 1.26 bits per heavy atom. The van der Waals surface area contributed by atoms with Crippen LogP contribution in [-0.4, -0.2) is 25.3 Å². The fraction of sp³-hybridized carbons (Fsp3) is 0.353. The van der Waals surface area contributed by atoms with Gasteiger partial charge in [-0.3, -0.25) is 0 Å². The minimum Gasteiger partial charge on any atom is -0.421 e. The molecule has 1 aromatic carbocycles. The second-order valence-corrected chi connectivity index (χ2v) is 6.41. The van der Waals surface area contributed by atoms with Crippen molar-refractivity contribution in [2.24, 2.45) is 5.10 Å². The lowest BCUT2D eigenvalue weighted by molar-refractivity contribution is 0.399. The lowest BCUT2D eigenvalue weighted by Crippen LogP contribution is -2.11. The summed E-state index contributed by atoms with van der Waals surface area (Å²) in [6.45, 7) is 5.91. The van der Waals surface area contributed by atoms with Crippen molar-refractivity contribution in [2.75, 3.05) is 24.4 Å². The van der Waals surface area contributed by atoms with Gasteiger partial charge in [0.25, 0.3) is 5.88 Å². The van der Waals surface area contributed by atoms with E-state index >= 15 is 0 Å². The van der Waals surface area contributed by atoms with Gasteiger partial charge < -0.3 is 9.32 Å². The summed E-state index contributed by atoms with van der Waals surface area (Å²) in [6, 6.07) is 9.96. The minimum absolute atomic E-state index is 0.204. The summed E-state index contributed by atoms with van der Waals surface area (Å²) in [7, 11) is 3.98. The maximum Gasteiger partial charge on any atom is 0.252 e. The van der Waals surface area contributed by atoms with Crippen LogP contribution >= 0.6 is 0 Å². The van der Waals surface area contributed by atoms with Crippen LogP contribution in [0, 0.1) is 11.3 Å². The molecule has 0 radical (unpaired) electrons. The average Bonchev–Trinajstić information content (AvgIpc) is 2.91. The Hall–Kier alpha value is -2.81. The first kappa shape index (κ1) is 16.6. The molecule has 2 aromatic rings. The van der Waals surface area contributed by atoms with Crippen LogP contribution < -0.4 is 10.3 Å². The van der Waals surface area contributed by atoms with Crippen LogP contribution in [0.2, 0.25) is 0 Å². The van der Waals surface area contributed by atoms with E-state index in [0.29, 0.717) is 5.89 Å². The van der Waals surface area contributed by atoms with E-state index < -0.39 is 0 Å². The summed E-state index contributed by atoms with van der Waals surface area (Å²) in [5.41, 5.74) is 4.75. The Bertz CT molecular complexity index is 730. The van der Waals surface area contributed by atoms with Gasteiger partial charge in [0.05, 0.1) is 6.21 Å². The van der Waals surface area contributed by atoms with Gasteiger partial charge in [-0.2, -0.15) is 15.3 Å². The maximum atomic E-state index is 9.13. The predicted molar refractivity (Wildman–Crippen MR) is 91.9 cm³/mol. The Balaban J connectivity index is 2.11. The number of oxazole rings is 1. The van der Waals surface area contributed by atoms with Gasteiger partial charge in [0.1, 0.15) is 6.07 Å². The topological polar surface area (TPSA) is 77.4 Å². The quantitative estimate of drug-likeness (QED) is 0.692. The summed E-state index contributed by atoms with van der Waals surface area (Å²) in [5.74, 6) is 0.765. The van der Waals surface area contributed by atoms with E-state index in [1.807, 2.05) is 70.1 Å². The van der Waals surface area contributed by atoms with Gasteiger partial charge in [-0.05, 0) is 17.7 Å². The van der Waals surface area contributed by atoms with E-state index in [0.717, 1.165) is 11.3 Å². The molecule has 120 valence electrons. The third-order valence-corrected chi connectivity index (χ3v) is 3.16. The summed E-state index contributed by atoms with van der Waals surface area (Å²) in [5, 5.41) is 13.2. The number of hydrazone groups is 1. The van der Waals surface area contributed by atoms with Gasteiger partial charge in [-0.25, -0.2) is 5.43 Å². The standard InChI is InChI=1S/C17H21N5O/c1-17(2,3)16-20-14(10-18)15(23-16)21-19-11-12-6-8-13(9-7-12)22(4)5/h6-9,11,21H,1-5H3. The first-order valence-corrected chi connectivity index (χ1v) is 7.29. The molecule has 1 N–H and O–H groups in total. The van der Waals surface area contributed by atoms with Crippen LogP contribution in [0.4, 0.5) is 11.6 Å². The predicted octanol–water partition coefficient (Wildman–Crippen LogP) is 3.36. The molecule has 0 unspecified atom stereocenters. The van der Waals surface area contributed by atoms with Crippen LogP contribution in [0.25, 0.3) is 0 Å². The zero-order chi connectivity index (χ0) is 17.0. The number of nitriles is 1. The van der Waals surface area contributed by atoms with E-state index in [9.17, 15) is 0 Å². The van der Waals surface area contributed by atoms with E-state index in [2.05, 4.69) is 15.5 Å². The van der Waals surface area contributed by atoms with E-state index in [1.54, 1.807) is 6.21 Å². The molecule has 0 bridgehead atoms. The molecule has 0 saturated heterocycles. The van der Waals surface area contributed by atoms with Gasteiger partial charge in [-0.1, -0.05) is 32.9 Å². The first-order chi connectivity index (χ1) is 10.8. The third-order valence-electron chi connectivity index (χ3n) is 3.16. The van der Waals surface area contributed by atoms with Crippen LogP contribution in [-0.2, 0) is 5.41 Å². The second-order valence-electron chi connectivity index (χ2n) is 6.41. The second kappa shape index (κ2) is 6.53. The van der Waals surface area contributed by atoms with Crippen molar-refractivity contribution in [3.63, 3.8) is 0 Å². The number of aromatic nitrogens is 1. The summed E-state index contributed by atoms with van der Waals surface area (Å²) in [4.78, 5) is 6.22. The molecule has 0 saturated carbocycles. The highest BCUT2D eigenvalue weighted by molar-refractivity contribution is 5.80. The van der Waals surface area contributed by atoms with Gasteiger partial charge in [0.2, 0.25) is 11.6 Å². The van der Waals surface area contributed by atoms with E-state index in [-0.39, 0.29) is 17.0 Å². The van der Waals surface area contributed by atoms with Crippen LogP contribution in [0.3, 0.4) is 0 Å². The number of nitrogens with one attached hydrogen (secondary N) is 1. The van der Waals surface area contributed by atoms with Crippen molar-refractivity contribution in [1.82, 2.24) is 4.98 Å². The summed E-state index contributed by atoms with van der Waals surface area (Å²) in [6.07, 6.45) is 1.67. The molecule has 1 heterocycles. The number of nitrogens with zero attached hydrogens (tertiary/aromatic N) is 4. The number of hydrogen-bond acceptors (Lipinski definition) is 6. The van der Waals surface area contributed by atoms with Gasteiger partial charge in [-0.15, -0.1) is 0 Å². The molecule has 1 aromatic heterocycles. The molecular weight excluding hydrogens is 290 g/mol. The van der Waals surface area contributed by atoms with Crippen molar-refractivity contribution in [3.8, 4) is 6.07 Å². The smallest absolute Gasteiger partial charge is 0.252 e. The Morgan fingerprint density at radius 2 is 1.91 bits per heavy atom. The van der Waals surface area contributed by atoms with Crippen molar-refractivity contribution >= 4 is 17.8 Å². The highest BCUT2D eigenvalue weighted by Crippen LogP contribution is 2.26. The molecule has 0 aliphatic carbocycles. The zero-order valence-electron chi connectivity index (χ0n) is 14.1. The first-order valence-electron chi connectivity index (χ1n) is 7.29. The minimum atomic E-state index is -0.267. The Kier molecular flexibility index (Phi) is 4.70. The maximum absolute atomic E-state index is 9.13. The van der Waals surface area contributed by atoms with Crippen LogP contribution in [0.15, 0.2) is 33.8 Å². The summed E-state index contributed by atoms with van der Waals surface area (Å²) < 4.78 is 5.59. The van der Waals surface area contributed by atoms with Crippen LogP contribution in [0.1, 0.15) is 37.9 Å². The van der Waals surface area contributed by atoms with Crippen molar-refractivity contribution < 1.29 is 4.42 Å². The lowest BCUT2D eigenvalue weighted by Gasteiger charge is -2.11. The SMILES string of the molecule is CN(C)c1ccc(C=NNc2oc(C(C)(C)C)nc2C#N)cc1.